The summed E-state index contributed by atoms with van der Waals surface area (Å²) in [5, 5.41) is 11.4. The fourth-order valence-corrected chi connectivity index (χ4v) is 4.34. The molecular weight excluding hydrogens is 430 g/mol. The second-order valence-electron chi connectivity index (χ2n) is 8.41. The summed E-state index contributed by atoms with van der Waals surface area (Å²) in [6, 6.07) is 17.3. The highest BCUT2D eigenvalue weighted by Crippen LogP contribution is 2.44. The molecule has 4 rings (SSSR count). The van der Waals surface area contributed by atoms with Gasteiger partial charge in [0.25, 0.3) is 11.7 Å². The van der Waals surface area contributed by atoms with E-state index in [2.05, 4.69) is 0 Å². The number of ketones is 1. The molecule has 34 heavy (non-hydrogen) atoms. The maximum Gasteiger partial charge on any atom is 0.300 e. The molecule has 1 unspecified atom stereocenters. The lowest BCUT2D eigenvalue weighted by atomic mass is 9.93. The number of hydrogen-bond acceptors (Lipinski definition) is 5. The Hall–Kier alpha value is -4.06. The zero-order chi connectivity index (χ0) is 24.6. The van der Waals surface area contributed by atoms with Gasteiger partial charge in [0, 0.05) is 11.3 Å². The number of benzene rings is 3. The van der Waals surface area contributed by atoms with Crippen LogP contribution >= 0.6 is 0 Å². The van der Waals surface area contributed by atoms with Crippen LogP contribution in [-0.4, -0.2) is 31.0 Å². The summed E-state index contributed by atoms with van der Waals surface area (Å²) in [5.74, 6) is -0.334. The third kappa shape index (κ3) is 3.92. The Morgan fingerprint density at radius 3 is 2.09 bits per heavy atom. The predicted octanol–water partition coefficient (Wildman–Crippen LogP) is 5.26. The third-order valence-corrected chi connectivity index (χ3v) is 6.19. The summed E-state index contributed by atoms with van der Waals surface area (Å²) in [7, 11) is 3.14. The molecule has 0 aliphatic carbocycles. The quantitative estimate of drug-likeness (QED) is 0.322. The van der Waals surface area contributed by atoms with Crippen molar-refractivity contribution in [2.24, 2.45) is 0 Å². The lowest BCUT2D eigenvalue weighted by Gasteiger charge is -2.27. The van der Waals surface area contributed by atoms with Crippen LogP contribution in [0.5, 0.6) is 11.5 Å². The van der Waals surface area contributed by atoms with E-state index in [4.69, 9.17) is 9.47 Å². The van der Waals surface area contributed by atoms with E-state index in [-0.39, 0.29) is 11.3 Å². The first-order chi connectivity index (χ1) is 16.3. The molecule has 0 bridgehead atoms. The molecule has 1 atom stereocenters. The van der Waals surface area contributed by atoms with Gasteiger partial charge < -0.3 is 14.6 Å². The number of carbonyl (C=O) groups is 2. The summed E-state index contributed by atoms with van der Waals surface area (Å²) in [4.78, 5) is 28.3. The zero-order valence-electron chi connectivity index (χ0n) is 19.9. The number of rotatable bonds is 5. The SMILES string of the molecule is COc1ccc(C2/C(=C(/O)c3ccc(OC)cc3C)C(=O)C(=O)N2c2cc(C)ccc2C)cc1. The first-order valence-corrected chi connectivity index (χ1v) is 10.9. The van der Waals surface area contributed by atoms with Crippen molar-refractivity contribution in [3.05, 3.63) is 94.1 Å². The van der Waals surface area contributed by atoms with Crippen LogP contribution < -0.4 is 14.4 Å². The number of ether oxygens (including phenoxy) is 2. The zero-order valence-corrected chi connectivity index (χ0v) is 19.9. The van der Waals surface area contributed by atoms with E-state index in [9.17, 15) is 14.7 Å². The molecule has 3 aromatic rings. The van der Waals surface area contributed by atoms with Gasteiger partial charge in [-0.15, -0.1) is 0 Å². The summed E-state index contributed by atoms with van der Waals surface area (Å²) < 4.78 is 10.5. The predicted molar refractivity (Wildman–Crippen MR) is 131 cm³/mol. The molecule has 6 heteroatoms. The molecule has 3 aromatic carbocycles. The molecule has 174 valence electrons. The third-order valence-electron chi connectivity index (χ3n) is 6.19. The fraction of sp³-hybridized carbons (Fsp3) is 0.214. The molecule has 6 nitrogen and oxygen atoms in total. The Kier molecular flexibility index (Phi) is 6.16. The molecule has 0 aromatic heterocycles. The van der Waals surface area contributed by atoms with E-state index in [1.807, 2.05) is 51.1 Å². The molecule has 0 radical (unpaired) electrons. The molecule has 1 amide bonds. The standard InChI is InChI=1S/C28H27NO5/c1-16-6-7-17(2)23(14-16)29-25(19-8-10-20(33-4)11-9-19)24(27(31)28(29)32)26(30)22-13-12-21(34-5)15-18(22)3/h6-15,25,30H,1-5H3/b26-24-. The van der Waals surface area contributed by atoms with Gasteiger partial charge in [0.1, 0.15) is 17.3 Å². The molecule has 0 saturated carbocycles. The van der Waals surface area contributed by atoms with E-state index in [0.29, 0.717) is 28.3 Å². The van der Waals surface area contributed by atoms with Gasteiger partial charge in [-0.1, -0.05) is 24.3 Å². The van der Waals surface area contributed by atoms with Gasteiger partial charge in [-0.2, -0.15) is 0 Å². The van der Waals surface area contributed by atoms with Gasteiger partial charge in [0.05, 0.1) is 25.8 Å². The normalized spacial score (nSPS) is 17.2. The van der Waals surface area contributed by atoms with E-state index < -0.39 is 17.7 Å². The Morgan fingerprint density at radius 2 is 1.47 bits per heavy atom. The Bertz CT molecular complexity index is 1310. The summed E-state index contributed by atoms with van der Waals surface area (Å²) in [5.41, 5.74) is 4.38. The van der Waals surface area contributed by atoms with Crippen LogP contribution in [0.4, 0.5) is 5.69 Å². The van der Waals surface area contributed by atoms with E-state index in [0.717, 1.165) is 16.7 Å². The number of hydrogen-bond donors (Lipinski definition) is 1. The molecule has 1 heterocycles. The number of aliphatic hydroxyl groups is 1. The lowest BCUT2D eigenvalue weighted by molar-refractivity contribution is -0.132. The van der Waals surface area contributed by atoms with Crippen LogP contribution in [0.25, 0.3) is 5.76 Å². The summed E-state index contributed by atoms with van der Waals surface area (Å²) >= 11 is 0. The van der Waals surface area contributed by atoms with Crippen molar-refractivity contribution in [1.82, 2.24) is 0 Å². The molecule has 1 saturated heterocycles. The van der Waals surface area contributed by atoms with E-state index in [1.165, 1.54) is 4.90 Å². The first kappa shape index (κ1) is 23.1. The summed E-state index contributed by atoms with van der Waals surface area (Å²) in [6.45, 7) is 5.65. The van der Waals surface area contributed by atoms with Crippen molar-refractivity contribution < 1.29 is 24.2 Å². The number of Topliss-reactive ketones (excluding diaryl/α,β-unsaturated/α-hetero) is 1. The van der Waals surface area contributed by atoms with Crippen LogP contribution in [0.15, 0.2) is 66.2 Å². The van der Waals surface area contributed by atoms with Gasteiger partial charge in [0.15, 0.2) is 0 Å². The van der Waals surface area contributed by atoms with Gasteiger partial charge >= 0.3 is 0 Å². The highest BCUT2D eigenvalue weighted by atomic mass is 16.5. The number of amides is 1. The van der Waals surface area contributed by atoms with Crippen molar-refractivity contribution in [3.63, 3.8) is 0 Å². The van der Waals surface area contributed by atoms with Gasteiger partial charge in [0.2, 0.25) is 0 Å². The summed E-state index contributed by atoms with van der Waals surface area (Å²) in [6.07, 6.45) is 0. The fourth-order valence-electron chi connectivity index (χ4n) is 4.34. The Labute approximate surface area is 199 Å². The maximum absolute atomic E-state index is 13.4. The molecule has 1 fully saturated rings. The van der Waals surface area contributed by atoms with Crippen molar-refractivity contribution in [3.8, 4) is 11.5 Å². The van der Waals surface area contributed by atoms with Crippen LogP contribution in [0.2, 0.25) is 0 Å². The molecule has 1 aliphatic heterocycles. The number of anilines is 1. The topological polar surface area (TPSA) is 76.1 Å². The minimum absolute atomic E-state index is 0.0457. The Balaban J connectivity index is 1.97. The minimum Gasteiger partial charge on any atom is -0.507 e. The lowest BCUT2D eigenvalue weighted by Crippen LogP contribution is -2.30. The largest absolute Gasteiger partial charge is 0.507 e. The maximum atomic E-state index is 13.4. The number of aliphatic hydroxyl groups excluding tert-OH is 1. The van der Waals surface area contributed by atoms with Gasteiger partial charge in [-0.05, 0) is 79.4 Å². The number of nitrogens with zero attached hydrogens (tertiary/aromatic N) is 1. The molecule has 0 spiro atoms. The average molecular weight is 458 g/mol. The average Bonchev–Trinajstić information content (AvgIpc) is 3.10. The van der Waals surface area contributed by atoms with Crippen molar-refractivity contribution >= 4 is 23.1 Å². The number of aryl methyl sites for hydroxylation is 3. The first-order valence-electron chi connectivity index (χ1n) is 10.9. The van der Waals surface area contributed by atoms with Crippen LogP contribution in [0.3, 0.4) is 0 Å². The monoisotopic (exact) mass is 457 g/mol. The van der Waals surface area contributed by atoms with Crippen LogP contribution in [0, 0.1) is 20.8 Å². The van der Waals surface area contributed by atoms with Crippen LogP contribution in [-0.2, 0) is 9.59 Å². The number of methoxy groups -OCH3 is 2. The van der Waals surface area contributed by atoms with Crippen molar-refractivity contribution in [1.29, 1.82) is 0 Å². The second kappa shape index (κ2) is 9.06. The van der Waals surface area contributed by atoms with Gasteiger partial charge in [-0.25, -0.2) is 0 Å². The van der Waals surface area contributed by atoms with Crippen molar-refractivity contribution in [2.45, 2.75) is 26.8 Å². The van der Waals surface area contributed by atoms with Crippen molar-refractivity contribution in [2.75, 3.05) is 19.1 Å². The van der Waals surface area contributed by atoms with Crippen LogP contribution in [0.1, 0.15) is 33.9 Å². The van der Waals surface area contributed by atoms with E-state index >= 15 is 0 Å². The van der Waals surface area contributed by atoms with Gasteiger partial charge in [-0.3, -0.25) is 14.5 Å². The Morgan fingerprint density at radius 1 is 0.824 bits per heavy atom. The number of carbonyl (C=O) groups excluding carboxylic acids is 2. The highest BCUT2D eigenvalue weighted by molar-refractivity contribution is 6.51. The minimum atomic E-state index is -0.798. The molecule has 1 aliphatic rings. The molecular formula is C28H27NO5. The second-order valence-corrected chi connectivity index (χ2v) is 8.41. The highest BCUT2D eigenvalue weighted by Gasteiger charge is 2.47. The smallest absolute Gasteiger partial charge is 0.300 e. The molecule has 1 N–H and O–H groups in total. The van der Waals surface area contributed by atoms with E-state index in [1.54, 1.807) is 44.6 Å².